The number of ketones is 1. The normalized spacial score (nSPS) is 12.6. The first-order valence-electron chi connectivity index (χ1n) is 10.0. The third kappa shape index (κ3) is 14.6. The monoisotopic (exact) mass is 401 g/mol. The van der Waals surface area contributed by atoms with E-state index in [1.54, 1.807) is 0 Å². The minimum atomic E-state index is -3.85. The first kappa shape index (κ1) is 28.7. The van der Waals surface area contributed by atoms with E-state index < -0.39 is 15.4 Å². The van der Waals surface area contributed by atoms with Crippen molar-refractivity contribution in [1.29, 1.82) is 0 Å². The molecule has 0 amide bonds. The van der Waals surface area contributed by atoms with Crippen LogP contribution < -0.4 is 35.3 Å². The van der Waals surface area contributed by atoms with Gasteiger partial charge in [0.05, 0.1) is 7.11 Å². The van der Waals surface area contributed by atoms with Crippen molar-refractivity contribution < 1.29 is 48.4 Å². The van der Waals surface area contributed by atoms with Gasteiger partial charge in [0.1, 0.15) is 0 Å². The van der Waals surface area contributed by atoms with E-state index >= 15 is 0 Å². The van der Waals surface area contributed by atoms with E-state index in [1.807, 2.05) is 0 Å². The molecule has 0 aliphatic heterocycles. The van der Waals surface area contributed by atoms with Crippen LogP contribution in [0.1, 0.15) is 98.2 Å². The topological polar surface area (TPSA) is 86.5 Å². The number of carbonyl (C=O) groups is 1. The van der Waals surface area contributed by atoms with Crippen molar-refractivity contribution in [1.82, 2.24) is 0 Å². The van der Waals surface area contributed by atoms with E-state index in [4.69, 9.17) is 5.73 Å². The van der Waals surface area contributed by atoms with E-state index in [-0.39, 0.29) is 49.7 Å². The predicted octanol–water partition coefficient (Wildman–Crippen LogP) is 1.46. The first-order chi connectivity index (χ1) is 12.0. The van der Waals surface area contributed by atoms with Gasteiger partial charge < -0.3 is 7.16 Å². The smallest absolute Gasteiger partial charge is 1.00 e. The zero-order chi connectivity index (χ0) is 19.0. The van der Waals surface area contributed by atoms with Gasteiger partial charge in [-0.25, -0.2) is 0 Å². The molecule has 2 N–H and O–H groups in total. The average molecular weight is 402 g/mol. The predicted molar refractivity (Wildman–Crippen MR) is 105 cm³/mol. The van der Waals surface area contributed by atoms with Crippen LogP contribution in [0.4, 0.5) is 0 Å². The Morgan fingerprint density at radius 3 is 1.62 bits per heavy atom. The third-order valence-electron chi connectivity index (χ3n) is 4.68. The number of rotatable bonds is 18. The molecule has 0 spiro atoms. The van der Waals surface area contributed by atoms with Crippen molar-refractivity contribution in [2.75, 3.05) is 13.7 Å². The zero-order valence-corrected chi connectivity index (χ0v) is 20.1. The van der Waals surface area contributed by atoms with Gasteiger partial charge in [-0.2, -0.15) is 8.42 Å². The summed E-state index contributed by atoms with van der Waals surface area (Å²) in [6.45, 7) is 2.03. The van der Waals surface area contributed by atoms with Gasteiger partial charge in [0.25, 0.3) is 10.1 Å². The zero-order valence-electron chi connectivity index (χ0n) is 18.3. The Morgan fingerprint density at radius 1 is 0.885 bits per heavy atom. The molecule has 0 rings (SSSR count). The van der Waals surface area contributed by atoms with Crippen molar-refractivity contribution >= 4 is 15.9 Å². The van der Waals surface area contributed by atoms with Gasteiger partial charge in [0, 0.05) is 13.0 Å². The molecule has 0 radical (unpaired) electrons. The number of hydrogen-bond acceptors (Lipinski definition) is 5. The van der Waals surface area contributed by atoms with E-state index in [9.17, 15) is 13.2 Å². The SMILES string of the molecule is CCCCCCCCCCCCCCCC(=O)C(CN)S(=O)(=O)OC.[H-].[Na+]. The summed E-state index contributed by atoms with van der Waals surface area (Å²) < 4.78 is 27.6. The summed E-state index contributed by atoms with van der Waals surface area (Å²) in [6, 6.07) is 0. The van der Waals surface area contributed by atoms with Crippen LogP contribution in [-0.2, 0) is 19.1 Å². The molecule has 7 heteroatoms. The van der Waals surface area contributed by atoms with Gasteiger partial charge in [0.2, 0.25) is 0 Å². The molecule has 152 valence electrons. The summed E-state index contributed by atoms with van der Waals surface area (Å²) in [5.41, 5.74) is 5.40. The molecule has 0 aromatic heterocycles. The van der Waals surface area contributed by atoms with Crippen LogP contribution in [0.3, 0.4) is 0 Å². The van der Waals surface area contributed by atoms with Crippen molar-refractivity contribution in [3.63, 3.8) is 0 Å². The summed E-state index contributed by atoms with van der Waals surface area (Å²) in [7, 11) is -2.79. The van der Waals surface area contributed by atoms with Crippen molar-refractivity contribution in [2.45, 2.75) is 102 Å². The average Bonchev–Trinajstić information content (AvgIpc) is 2.59. The Balaban J connectivity index is -0.00000288. The van der Waals surface area contributed by atoms with Crippen LogP contribution >= 0.6 is 0 Å². The van der Waals surface area contributed by atoms with Crippen LogP contribution in [0.2, 0.25) is 0 Å². The molecular formula is C19H40NNaO4S. The van der Waals surface area contributed by atoms with Crippen molar-refractivity contribution in [3.05, 3.63) is 0 Å². The largest absolute Gasteiger partial charge is 1.00 e. The minimum absolute atomic E-state index is 0. The molecule has 0 saturated carbocycles. The summed E-state index contributed by atoms with van der Waals surface area (Å²) >= 11 is 0. The summed E-state index contributed by atoms with van der Waals surface area (Å²) in [6.07, 6.45) is 16.3. The number of hydrogen-bond donors (Lipinski definition) is 1. The fraction of sp³-hybridized carbons (Fsp3) is 0.947. The number of nitrogens with two attached hydrogens (primary N) is 1. The van der Waals surface area contributed by atoms with Crippen LogP contribution in [0.15, 0.2) is 0 Å². The van der Waals surface area contributed by atoms with Gasteiger partial charge in [0.15, 0.2) is 11.0 Å². The number of Topliss-reactive ketones (excluding diaryl/α,β-unsaturated/α-hetero) is 1. The molecule has 1 unspecified atom stereocenters. The van der Waals surface area contributed by atoms with Crippen LogP contribution in [0.5, 0.6) is 0 Å². The fourth-order valence-corrected chi connectivity index (χ4v) is 3.91. The van der Waals surface area contributed by atoms with Crippen LogP contribution in [0, 0.1) is 0 Å². The number of carbonyl (C=O) groups excluding carboxylic acids is 1. The van der Waals surface area contributed by atoms with Gasteiger partial charge in [-0.3, -0.25) is 8.98 Å². The maximum atomic E-state index is 11.9. The molecule has 1 atom stereocenters. The molecule has 5 nitrogen and oxygen atoms in total. The maximum absolute atomic E-state index is 11.9. The third-order valence-corrected chi connectivity index (χ3v) is 6.30. The Kier molecular flexibility index (Phi) is 20.9. The first-order valence-corrected chi connectivity index (χ1v) is 11.5. The molecule has 0 aliphatic carbocycles. The molecule has 0 bridgehead atoms. The summed E-state index contributed by atoms with van der Waals surface area (Å²) in [5.74, 6) is -0.326. The van der Waals surface area contributed by atoms with Gasteiger partial charge in [-0.05, 0) is 6.42 Å². The standard InChI is InChI=1S/C19H39NO4S.Na.H/c1-3-4-5-6-7-8-9-10-11-12-13-14-15-16-18(21)19(17-20)25(22,23)24-2;;/h19H,3-17,20H2,1-2H3;;/q;+1;-1. The molecule has 0 aromatic carbocycles. The Hall–Kier alpha value is 0.540. The Morgan fingerprint density at radius 2 is 1.27 bits per heavy atom. The quantitative estimate of drug-likeness (QED) is 0.213. The molecule has 0 aliphatic rings. The maximum Gasteiger partial charge on any atom is 1.00 e. The van der Waals surface area contributed by atoms with Crippen LogP contribution in [-0.4, -0.2) is 33.1 Å². The molecule has 26 heavy (non-hydrogen) atoms. The van der Waals surface area contributed by atoms with Gasteiger partial charge in [-0.1, -0.05) is 84.0 Å². The van der Waals surface area contributed by atoms with Gasteiger partial charge in [-0.15, -0.1) is 0 Å². The van der Waals surface area contributed by atoms with Gasteiger partial charge >= 0.3 is 29.6 Å². The second-order valence-electron chi connectivity index (χ2n) is 6.84. The second-order valence-corrected chi connectivity index (χ2v) is 8.73. The van der Waals surface area contributed by atoms with E-state index in [0.29, 0.717) is 0 Å². The fourth-order valence-electron chi connectivity index (χ4n) is 3.00. The summed E-state index contributed by atoms with van der Waals surface area (Å²) in [4.78, 5) is 11.9. The molecule has 0 aromatic rings. The summed E-state index contributed by atoms with van der Waals surface area (Å²) in [5, 5.41) is -1.21. The Bertz CT molecular complexity index is 435. The molecule has 0 fully saturated rings. The van der Waals surface area contributed by atoms with E-state index in [0.717, 1.165) is 26.4 Å². The molecule has 0 heterocycles. The second kappa shape index (κ2) is 18.9. The van der Waals surface area contributed by atoms with E-state index in [1.165, 1.54) is 64.2 Å². The minimum Gasteiger partial charge on any atom is -1.00 e. The van der Waals surface area contributed by atoms with Crippen molar-refractivity contribution in [2.24, 2.45) is 5.73 Å². The Labute approximate surface area is 185 Å². The molecular weight excluding hydrogens is 361 g/mol. The van der Waals surface area contributed by atoms with E-state index in [2.05, 4.69) is 11.1 Å². The molecule has 0 saturated heterocycles. The van der Waals surface area contributed by atoms with Crippen LogP contribution in [0.25, 0.3) is 0 Å². The van der Waals surface area contributed by atoms with Crippen molar-refractivity contribution in [3.8, 4) is 0 Å². The number of unbranched alkanes of at least 4 members (excludes halogenated alkanes) is 12.